The van der Waals surface area contributed by atoms with Crippen LogP contribution in [-0.2, 0) is 6.42 Å². The number of hydrogen-bond acceptors (Lipinski definition) is 5. The van der Waals surface area contributed by atoms with Crippen molar-refractivity contribution in [3.8, 4) is 17.1 Å². The molecule has 2 heterocycles. The Bertz CT molecular complexity index is 1150. The summed E-state index contributed by atoms with van der Waals surface area (Å²) in [5, 5.41) is 23.1. The number of anilines is 1. The fraction of sp³-hybridized carbons (Fsp3) is 0.261. The zero-order chi connectivity index (χ0) is 20.3. The summed E-state index contributed by atoms with van der Waals surface area (Å²) in [5.41, 5.74) is 7.06. The standard InChI is InChI=1S/C23H21N3O3/c1-11-7-12(2)25-22(24-11)14-4-5-15-16-6-3-13-8-18(23(28)29)20(27)10-17(13)21(16)26-19(15)9-14/h4-5,7-10,16,21,26-27H,3,6H2,1-2H3,(H,28,29). The van der Waals surface area contributed by atoms with Gasteiger partial charge in [-0.15, -0.1) is 0 Å². The first kappa shape index (κ1) is 17.7. The van der Waals surface area contributed by atoms with E-state index in [0.717, 1.165) is 46.6 Å². The van der Waals surface area contributed by atoms with Gasteiger partial charge in [-0.25, -0.2) is 14.8 Å². The topological polar surface area (TPSA) is 95.3 Å². The SMILES string of the molecule is Cc1cc(C)nc(-c2ccc3c(c2)NC2c4cc(O)c(C(=O)O)cc4CCC32)n1. The Hall–Kier alpha value is -3.41. The molecular weight excluding hydrogens is 366 g/mol. The largest absolute Gasteiger partial charge is 0.507 e. The number of fused-ring (bicyclic) bond motifs is 5. The Kier molecular flexibility index (Phi) is 3.84. The van der Waals surface area contributed by atoms with Crippen molar-refractivity contribution >= 4 is 11.7 Å². The van der Waals surface area contributed by atoms with E-state index in [0.29, 0.717) is 11.7 Å². The molecule has 0 saturated carbocycles. The number of nitrogens with one attached hydrogen (secondary N) is 1. The lowest BCUT2D eigenvalue weighted by atomic mass is 9.78. The molecule has 6 nitrogen and oxygen atoms in total. The molecule has 0 radical (unpaired) electrons. The Labute approximate surface area is 168 Å². The van der Waals surface area contributed by atoms with Gasteiger partial charge in [0.1, 0.15) is 11.3 Å². The number of carbonyl (C=O) groups is 1. The minimum Gasteiger partial charge on any atom is -0.507 e. The maximum absolute atomic E-state index is 11.3. The number of nitrogens with zero attached hydrogens (tertiary/aromatic N) is 2. The van der Waals surface area contributed by atoms with Crippen molar-refractivity contribution in [1.82, 2.24) is 9.97 Å². The smallest absolute Gasteiger partial charge is 0.339 e. The summed E-state index contributed by atoms with van der Waals surface area (Å²) in [6, 6.07) is 11.5. The maximum Gasteiger partial charge on any atom is 0.339 e. The Balaban J connectivity index is 1.54. The Morgan fingerprint density at radius 1 is 1.07 bits per heavy atom. The molecule has 2 atom stereocenters. The van der Waals surface area contributed by atoms with Gasteiger partial charge in [0.15, 0.2) is 5.82 Å². The lowest BCUT2D eigenvalue weighted by Gasteiger charge is -2.29. The van der Waals surface area contributed by atoms with Crippen LogP contribution in [0.5, 0.6) is 5.75 Å². The average molecular weight is 387 g/mol. The van der Waals surface area contributed by atoms with E-state index < -0.39 is 5.97 Å². The van der Waals surface area contributed by atoms with E-state index in [1.807, 2.05) is 19.9 Å². The highest BCUT2D eigenvalue weighted by molar-refractivity contribution is 5.91. The van der Waals surface area contributed by atoms with Gasteiger partial charge in [0.25, 0.3) is 0 Å². The van der Waals surface area contributed by atoms with Crippen molar-refractivity contribution in [2.45, 2.75) is 38.6 Å². The number of aromatic carboxylic acids is 1. The van der Waals surface area contributed by atoms with Gasteiger partial charge in [0, 0.05) is 28.6 Å². The number of benzene rings is 2. The van der Waals surface area contributed by atoms with Crippen LogP contribution in [0.15, 0.2) is 36.4 Å². The molecule has 6 heteroatoms. The zero-order valence-electron chi connectivity index (χ0n) is 16.2. The number of aromatic hydroxyl groups is 1. The van der Waals surface area contributed by atoms with Crippen LogP contribution in [0.1, 0.15) is 56.8 Å². The predicted octanol–water partition coefficient (Wildman–Crippen LogP) is 4.36. The van der Waals surface area contributed by atoms with Gasteiger partial charge in [0.05, 0.1) is 6.04 Å². The highest BCUT2D eigenvalue weighted by atomic mass is 16.4. The summed E-state index contributed by atoms with van der Waals surface area (Å²) >= 11 is 0. The van der Waals surface area contributed by atoms with Crippen molar-refractivity contribution in [2.75, 3.05) is 5.32 Å². The molecule has 5 rings (SSSR count). The average Bonchev–Trinajstić information content (AvgIpc) is 3.05. The van der Waals surface area contributed by atoms with Crippen LogP contribution in [0.25, 0.3) is 11.4 Å². The summed E-state index contributed by atoms with van der Waals surface area (Å²) in [4.78, 5) is 20.5. The number of phenols is 1. The lowest BCUT2D eigenvalue weighted by molar-refractivity contribution is 0.0693. The van der Waals surface area contributed by atoms with Crippen LogP contribution < -0.4 is 5.32 Å². The van der Waals surface area contributed by atoms with E-state index in [1.165, 1.54) is 5.56 Å². The molecule has 0 fully saturated rings. The van der Waals surface area contributed by atoms with Gasteiger partial charge in [-0.2, -0.15) is 0 Å². The van der Waals surface area contributed by atoms with Crippen LogP contribution in [0.4, 0.5) is 5.69 Å². The molecular formula is C23H21N3O3. The van der Waals surface area contributed by atoms with Crippen molar-refractivity contribution < 1.29 is 15.0 Å². The van der Waals surface area contributed by atoms with Gasteiger partial charge in [-0.3, -0.25) is 0 Å². The van der Waals surface area contributed by atoms with E-state index in [1.54, 1.807) is 12.1 Å². The molecule has 1 aliphatic heterocycles. The maximum atomic E-state index is 11.3. The number of carboxylic acid groups (broad SMARTS) is 1. The zero-order valence-corrected chi connectivity index (χ0v) is 16.2. The van der Waals surface area contributed by atoms with Gasteiger partial charge < -0.3 is 15.5 Å². The fourth-order valence-corrected chi connectivity index (χ4v) is 4.70. The highest BCUT2D eigenvalue weighted by Gasteiger charge is 2.38. The Morgan fingerprint density at radius 3 is 2.55 bits per heavy atom. The molecule has 0 saturated heterocycles. The first-order valence-electron chi connectivity index (χ1n) is 9.73. The second-order valence-electron chi connectivity index (χ2n) is 7.92. The van der Waals surface area contributed by atoms with E-state index >= 15 is 0 Å². The number of hydrogen-bond donors (Lipinski definition) is 3. The summed E-state index contributed by atoms with van der Waals surface area (Å²) in [6.07, 6.45) is 1.72. The molecule has 2 aliphatic rings. The monoisotopic (exact) mass is 387 g/mol. The molecule has 3 aromatic rings. The molecule has 146 valence electrons. The second-order valence-corrected chi connectivity index (χ2v) is 7.92. The number of carboxylic acids is 1. The van der Waals surface area contributed by atoms with Gasteiger partial charge in [0.2, 0.25) is 0 Å². The molecule has 0 spiro atoms. The van der Waals surface area contributed by atoms with Gasteiger partial charge in [-0.05, 0) is 67.6 Å². The van der Waals surface area contributed by atoms with E-state index in [9.17, 15) is 15.0 Å². The third kappa shape index (κ3) is 2.83. The molecule has 1 aliphatic carbocycles. The molecule has 3 N–H and O–H groups in total. The van der Waals surface area contributed by atoms with E-state index in [-0.39, 0.29) is 17.4 Å². The predicted molar refractivity (Wildman–Crippen MR) is 109 cm³/mol. The van der Waals surface area contributed by atoms with E-state index in [2.05, 4.69) is 33.5 Å². The summed E-state index contributed by atoms with van der Waals surface area (Å²) in [6.45, 7) is 3.93. The molecule has 2 unspecified atom stereocenters. The fourth-order valence-electron chi connectivity index (χ4n) is 4.70. The second kappa shape index (κ2) is 6.30. The van der Waals surface area contributed by atoms with Crippen LogP contribution in [0.2, 0.25) is 0 Å². The molecule has 1 aromatic heterocycles. The van der Waals surface area contributed by atoms with Crippen molar-refractivity contribution in [1.29, 1.82) is 0 Å². The van der Waals surface area contributed by atoms with Crippen molar-refractivity contribution in [2.24, 2.45) is 0 Å². The van der Waals surface area contributed by atoms with Crippen LogP contribution in [-0.4, -0.2) is 26.2 Å². The Morgan fingerprint density at radius 2 is 1.83 bits per heavy atom. The first-order valence-corrected chi connectivity index (χ1v) is 9.73. The first-order chi connectivity index (χ1) is 13.9. The minimum atomic E-state index is -1.10. The third-order valence-corrected chi connectivity index (χ3v) is 5.95. The van der Waals surface area contributed by atoms with Crippen LogP contribution in [0, 0.1) is 13.8 Å². The van der Waals surface area contributed by atoms with Crippen LogP contribution >= 0.6 is 0 Å². The van der Waals surface area contributed by atoms with E-state index in [4.69, 9.17) is 0 Å². The number of rotatable bonds is 2. The molecule has 2 aromatic carbocycles. The van der Waals surface area contributed by atoms with Gasteiger partial charge in [-0.1, -0.05) is 12.1 Å². The molecule has 0 bridgehead atoms. The normalized spacial score (nSPS) is 19.1. The quantitative estimate of drug-likeness (QED) is 0.605. The van der Waals surface area contributed by atoms with Crippen molar-refractivity contribution in [3.63, 3.8) is 0 Å². The summed E-state index contributed by atoms with van der Waals surface area (Å²) in [7, 11) is 0. The molecule has 0 amide bonds. The van der Waals surface area contributed by atoms with Crippen LogP contribution in [0.3, 0.4) is 0 Å². The summed E-state index contributed by atoms with van der Waals surface area (Å²) in [5.74, 6) is -0.278. The lowest BCUT2D eigenvalue weighted by Crippen LogP contribution is -2.20. The minimum absolute atomic E-state index is 0.0258. The number of aromatic nitrogens is 2. The third-order valence-electron chi connectivity index (χ3n) is 5.95. The molecule has 29 heavy (non-hydrogen) atoms. The highest BCUT2D eigenvalue weighted by Crippen LogP contribution is 2.51. The van der Waals surface area contributed by atoms with Gasteiger partial charge >= 0.3 is 5.97 Å². The number of aryl methyl sites for hydroxylation is 3. The summed E-state index contributed by atoms with van der Waals surface area (Å²) < 4.78 is 0. The van der Waals surface area contributed by atoms with Crippen molar-refractivity contribution in [3.05, 3.63) is 70.0 Å².